The third kappa shape index (κ3) is 3.94. The van der Waals surface area contributed by atoms with Crippen LogP contribution < -0.4 is 9.80 Å². The third-order valence-electron chi connectivity index (χ3n) is 9.68. The summed E-state index contributed by atoms with van der Waals surface area (Å²) < 4.78 is 48.0. The maximum atomic E-state index is 14.0. The summed E-state index contributed by atoms with van der Waals surface area (Å²) in [6.45, 7) is 0. The number of fused-ring (bicyclic) bond motifs is 2. The Hall–Kier alpha value is -5.98. The minimum Gasteiger partial charge on any atom is -0.268 e. The molecule has 244 valence electrons. The number of hydrogen-bond acceptors (Lipinski definition) is 8. The van der Waals surface area contributed by atoms with Crippen LogP contribution in [0.2, 0.25) is 0 Å². The largest absolute Gasteiger partial charge is 0.268 e. The lowest BCUT2D eigenvalue weighted by Crippen LogP contribution is -2.40. The van der Waals surface area contributed by atoms with E-state index < -0.39 is 43.3 Å². The molecular weight excluding hydrogens is 677 g/mol. The van der Waals surface area contributed by atoms with Crippen molar-refractivity contribution in [3.63, 3.8) is 0 Å². The van der Waals surface area contributed by atoms with Crippen molar-refractivity contribution in [1.82, 2.24) is 0 Å². The number of carbonyl (C=O) groups is 4. The van der Waals surface area contributed by atoms with Crippen LogP contribution in [0.3, 0.4) is 0 Å². The second kappa shape index (κ2) is 9.80. The van der Waals surface area contributed by atoms with Gasteiger partial charge in [-0.3, -0.25) is 19.2 Å². The fourth-order valence-corrected chi connectivity index (χ4v) is 8.68. The Morgan fingerprint density at radius 2 is 0.620 bits per heavy atom. The van der Waals surface area contributed by atoms with E-state index in [2.05, 4.69) is 0 Å². The van der Waals surface area contributed by atoms with Gasteiger partial charge in [0.05, 0.1) is 21.2 Å². The summed E-state index contributed by atoms with van der Waals surface area (Å²) >= 11 is 0. The molecule has 7 aromatic rings. The number of anilines is 2. The molecule has 0 atom stereocenters. The van der Waals surface area contributed by atoms with E-state index in [9.17, 15) is 36.0 Å². The lowest BCUT2D eigenvalue weighted by atomic mass is 9.82. The van der Waals surface area contributed by atoms with Crippen molar-refractivity contribution < 1.29 is 36.0 Å². The molecule has 12 heteroatoms. The quantitative estimate of drug-likeness (QED) is 0.121. The smallest absolute Gasteiger partial charge is 0.265 e. The van der Waals surface area contributed by atoms with Crippen LogP contribution in [0, 0.1) is 0 Å². The fraction of sp³-hybridized carbons (Fsp3) is 0.0526. The van der Waals surface area contributed by atoms with Crippen molar-refractivity contribution in [2.75, 3.05) is 22.3 Å². The molecule has 10 nitrogen and oxygen atoms in total. The molecule has 50 heavy (non-hydrogen) atoms. The van der Waals surface area contributed by atoms with Crippen LogP contribution >= 0.6 is 0 Å². The Morgan fingerprint density at radius 1 is 0.360 bits per heavy atom. The van der Waals surface area contributed by atoms with Gasteiger partial charge >= 0.3 is 0 Å². The lowest BCUT2D eigenvalue weighted by molar-refractivity contribution is 0.0877. The molecule has 0 fully saturated rings. The molecule has 0 N–H and O–H groups in total. The van der Waals surface area contributed by atoms with Crippen LogP contribution in [0.5, 0.6) is 0 Å². The SMILES string of the molecule is CS(=O)(=O)c1ccc(N2C(=O)c3ccc4c5ccc6c7c(ccc(c8ccc(c3c48)C2=O)c75)C(=O)N(c2ccc(S(C)(=O)=O)cc2)C6=O)cc1. The molecule has 0 spiro atoms. The van der Waals surface area contributed by atoms with Gasteiger partial charge in [0, 0.05) is 45.5 Å². The predicted molar refractivity (Wildman–Crippen MR) is 189 cm³/mol. The van der Waals surface area contributed by atoms with Crippen molar-refractivity contribution >= 4 is 97.8 Å². The van der Waals surface area contributed by atoms with E-state index in [0.29, 0.717) is 43.8 Å². The van der Waals surface area contributed by atoms with E-state index >= 15 is 0 Å². The summed E-state index contributed by atoms with van der Waals surface area (Å²) in [5.74, 6) is -2.18. The van der Waals surface area contributed by atoms with Gasteiger partial charge in [0.15, 0.2) is 19.7 Å². The third-order valence-corrected chi connectivity index (χ3v) is 11.9. The van der Waals surface area contributed by atoms with E-state index in [1.807, 2.05) is 0 Å². The van der Waals surface area contributed by atoms with Gasteiger partial charge in [-0.2, -0.15) is 0 Å². The van der Waals surface area contributed by atoms with Crippen LogP contribution in [-0.2, 0) is 19.7 Å². The predicted octanol–water partition coefficient (Wildman–Crippen LogP) is 6.15. The maximum Gasteiger partial charge on any atom is 0.265 e. The van der Waals surface area contributed by atoms with Crippen LogP contribution in [0.4, 0.5) is 11.4 Å². The van der Waals surface area contributed by atoms with E-state index in [1.165, 1.54) is 48.5 Å². The van der Waals surface area contributed by atoms with E-state index in [4.69, 9.17) is 0 Å². The first-order valence-corrected chi connectivity index (χ1v) is 19.1. The minimum absolute atomic E-state index is 0.0651. The van der Waals surface area contributed by atoms with Crippen LogP contribution in [0.25, 0.3) is 43.1 Å². The lowest BCUT2D eigenvalue weighted by Gasteiger charge is -2.30. The Balaban J connectivity index is 1.23. The topological polar surface area (TPSA) is 143 Å². The zero-order chi connectivity index (χ0) is 35.0. The van der Waals surface area contributed by atoms with Gasteiger partial charge in [0.25, 0.3) is 23.6 Å². The molecule has 0 aromatic heterocycles. The molecule has 4 amide bonds. The number of hydrogen-bond donors (Lipinski definition) is 0. The highest BCUT2D eigenvalue weighted by Gasteiger charge is 2.38. The molecule has 0 unspecified atom stereocenters. The van der Waals surface area contributed by atoms with E-state index in [-0.39, 0.29) is 21.2 Å². The summed E-state index contributed by atoms with van der Waals surface area (Å²) in [6, 6.07) is 25.1. The Morgan fingerprint density at radius 3 is 0.860 bits per heavy atom. The normalized spacial score (nSPS) is 15.0. The number of imide groups is 2. The van der Waals surface area contributed by atoms with Crippen LogP contribution in [0.1, 0.15) is 41.4 Å². The number of sulfone groups is 2. The second-order valence-corrected chi connectivity index (χ2v) is 16.6. The van der Waals surface area contributed by atoms with Crippen molar-refractivity contribution in [2.45, 2.75) is 9.79 Å². The Labute approximate surface area is 284 Å². The zero-order valence-electron chi connectivity index (χ0n) is 26.2. The van der Waals surface area contributed by atoms with Gasteiger partial charge in [-0.25, -0.2) is 26.6 Å². The van der Waals surface area contributed by atoms with Gasteiger partial charge in [0.1, 0.15) is 0 Å². The molecule has 9 rings (SSSR count). The highest BCUT2D eigenvalue weighted by molar-refractivity contribution is 7.91. The number of nitrogens with zero attached hydrogens (tertiary/aromatic N) is 2. The Kier molecular flexibility index (Phi) is 5.90. The average Bonchev–Trinajstić information content (AvgIpc) is 3.08. The highest BCUT2D eigenvalue weighted by atomic mass is 32.2. The van der Waals surface area contributed by atoms with Gasteiger partial charge in [-0.15, -0.1) is 0 Å². The molecule has 0 saturated carbocycles. The number of carbonyl (C=O) groups excluding carboxylic acids is 4. The van der Waals surface area contributed by atoms with Crippen molar-refractivity contribution in [2.24, 2.45) is 0 Å². The van der Waals surface area contributed by atoms with Gasteiger partial charge < -0.3 is 0 Å². The fourth-order valence-electron chi connectivity index (χ4n) is 7.42. The maximum absolute atomic E-state index is 14.0. The molecule has 0 radical (unpaired) electrons. The molecular formula is C38H22N2O8S2. The molecule has 0 bridgehead atoms. The monoisotopic (exact) mass is 698 g/mol. The van der Waals surface area contributed by atoms with E-state index in [1.54, 1.807) is 48.5 Å². The molecule has 7 aromatic carbocycles. The van der Waals surface area contributed by atoms with E-state index in [0.717, 1.165) is 43.9 Å². The van der Waals surface area contributed by atoms with Crippen LogP contribution in [-0.4, -0.2) is 53.0 Å². The molecule has 0 saturated heterocycles. The zero-order valence-corrected chi connectivity index (χ0v) is 27.8. The number of amides is 4. The van der Waals surface area contributed by atoms with Crippen molar-refractivity contribution in [3.05, 3.63) is 119 Å². The standard InChI is InChI=1S/C38H22N2O8S2/c1-49(45,46)21-7-3-19(4-8-21)39-35(41)27-15-11-23-25-13-17-29-34-30(38(44)40(37(29)43)20-5-9-22(10-6-20)50(2,47)48)18-14-26(32(25)34)24-12-16-28(36(39)42)33(27)31(23)24/h3-18H,1-2H3. The highest BCUT2D eigenvalue weighted by Crippen LogP contribution is 2.47. The summed E-state index contributed by atoms with van der Waals surface area (Å²) in [5, 5.41) is 5.34. The number of rotatable bonds is 4. The first-order chi connectivity index (χ1) is 23.8. The first kappa shape index (κ1) is 30.1. The summed E-state index contributed by atoms with van der Waals surface area (Å²) in [5.41, 5.74) is 1.72. The minimum atomic E-state index is -3.48. The molecule has 2 heterocycles. The molecule has 2 aliphatic rings. The number of benzene rings is 7. The Bertz CT molecular complexity index is 2660. The molecule has 2 aliphatic heterocycles. The van der Waals surface area contributed by atoms with Gasteiger partial charge in [-0.1, -0.05) is 24.3 Å². The summed E-state index contributed by atoms with van der Waals surface area (Å²) in [4.78, 5) is 58.1. The molecule has 0 aliphatic carbocycles. The van der Waals surface area contributed by atoms with Gasteiger partial charge in [0.2, 0.25) is 0 Å². The summed E-state index contributed by atoms with van der Waals surface area (Å²) in [7, 11) is -6.97. The van der Waals surface area contributed by atoms with Crippen molar-refractivity contribution in [1.29, 1.82) is 0 Å². The second-order valence-electron chi connectivity index (χ2n) is 12.6. The summed E-state index contributed by atoms with van der Waals surface area (Å²) in [6.07, 6.45) is 2.16. The first-order valence-electron chi connectivity index (χ1n) is 15.3. The van der Waals surface area contributed by atoms with Crippen LogP contribution in [0.15, 0.2) is 107 Å². The average molecular weight is 699 g/mol. The van der Waals surface area contributed by atoms with Crippen molar-refractivity contribution in [3.8, 4) is 0 Å². The van der Waals surface area contributed by atoms with Gasteiger partial charge in [-0.05, 0) is 105 Å².